The standard InChI is InChI=1S/C9H14F2N2O2/c1-2-3-7(4-12)8(15)13-5-9(10,11)6-14/h7,14H,2-3,5-6H2,1H3,(H,13,15). The van der Waals surface area contributed by atoms with E-state index in [0.717, 1.165) is 0 Å². The Labute approximate surface area is 86.9 Å². The van der Waals surface area contributed by atoms with Gasteiger partial charge in [-0.25, -0.2) is 8.78 Å². The van der Waals surface area contributed by atoms with Crippen molar-refractivity contribution in [2.24, 2.45) is 5.92 Å². The summed E-state index contributed by atoms with van der Waals surface area (Å²) in [7, 11) is 0. The summed E-state index contributed by atoms with van der Waals surface area (Å²) in [6.07, 6.45) is 0.967. The molecule has 0 aromatic carbocycles. The zero-order chi connectivity index (χ0) is 11.9. The molecule has 0 aromatic heterocycles. The molecule has 0 saturated carbocycles. The van der Waals surface area contributed by atoms with E-state index < -0.39 is 30.9 Å². The molecule has 0 radical (unpaired) electrons. The minimum absolute atomic E-state index is 0.340. The van der Waals surface area contributed by atoms with Crippen LogP contribution in [-0.2, 0) is 4.79 Å². The number of hydrogen-bond acceptors (Lipinski definition) is 3. The van der Waals surface area contributed by atoms with Crippen LogP contribution in [0.25, 0.3) is 0 Å². The van der Waals surface area contributed by atoms with Gasteiger partial charge in [0, 0.05) is 0 Å². The van der Waals surface area contributed by atoms with Gasteiger partial charge in [0.2, 0.25) is 5.91 Å². The molecule has 0 fully saturated rings. The molecular weight excluding hydrogens is 206 g/mol. The number of nitrogens with one attached hydrogen (secondary N) is 1. The third-order valence-corrected chi connectivity index (χ3v) is 1.80. The molecule has 6 heteroatoms. The number of carbonyl (C=O) groups excluding carboxylic acids is 1. The number of amides is 1. The largest absolute Gasteiger partial charge is 0.390 e. The zero-order valence-electron chi connectivity index (χ0n) is 8.46. The van der Waals surface area contributed by atoms with E-state index >= 15 is 0 Å². The average molecular weight is 220 g/mol. The molecule has 0 rings (SSSR count). The molecule has 2 N–H and O–H groups in total. The van der Waals surface area contributed by atoms with E-state index in [9.17, 15) is 13.6 Å². The number of halogens is 2. The molecule has 0 aromatic rings. The van der Waals surface area contributed by atoms with Crippen molar-refractivity contribution in [1.82, 2.24) is 5.32 Å². The Bertz CT molecular complexity index is 251. The van der Waals surface area contributed by atoms with Crippen LogP contribution in [0.2, 0.25) is 0 Å². The minimum Gasteiger partial charge on any atom is -0.390 e. The number of alkyl halides is 2. The molecule has 0 aliphatic carbocycles. The molecule has 0 aliphatic heterocycles. The van der Waals surface area contributed by atoms with Crippen LogP contribution in [0.4, 0.5) is 8.78 Å². The highest BCUT2D eigenvalue weighted by atomic mass is 19.3. The Hall–Kier alpha value is -1.22. The van der Waals surface area contributed by atoms with Crippen molar-refractivity contribution >= 4 is 5.91 Å². The van der Waals surface area contributed by atoms with Crippen molar-refractivity contribution in [3.05, 3.63) is 0 Å². The van der Waals surface area contributed by atoms with Crippen LogP contribution in [0.3, 0.4) is 0 Å². The Morgan fingerprint density at radius 3 is 2.67 bits per heavy atom. The van der Waals surface area contributed by atoms with Crippen molar-refractivity contribution in [2.75, 3.05) is 13.2 Å². The van der Waals surface area contributed by atoms with Gasteiger partial charge in [-0.2, -0.15) is 5.26 Å². The van der Waals surface area contributed by atoms with E-state index in [4.69, 9.17) is 10.4 Å². The average Bonchev–Trinajstić information content (AvgIpc) is 2.22. The first-order valence-corrected chi connectivity index (χ1v) is 4.63. The van der Waals surface area contributed by atoms with Crippen LogP contribution in [0.15, 0.2) is 0 Å². The molecule has 0 saturated heterocycles. The normalized spacial score (nSPS) is 13.0. The molecule has 0 bridgehead atoms. The van der Waals surface area contributed by atoms with Gasteiger partial charge in [0.05, 0.1) is 12.6 Å². The van der Waals surface area contributed by atoms with Gasteiger partial charge in [-0.3, -0.25) is 4.79 Å². The lowest BCUT2D eigenvalue weighted by Gasteiger charge is -2.15. The van der Waals surface area contributed by atoms with Crippen LogP contribution in [-0.4, -0.2) is 30.1 Å². The van der Waals surface area contributed by atoms with E-state index in [1.54, 1.807) is 13.0 Å². The highest BCUT2D eigenvalue weighted by Crippen LogP contribution is 2.11. The van der Waals surface area contributed by atoms with Gasteiger partial charge in [-0.15, -0.1) is 0 Å². The predicted molar refractivity (Wildman–Crippen MR) is 49.1 cm³/mol. The lowest BCUT2D eigenvalue weighted by atomic mass is 10.0. The maximum absolute atomic E-state index is 12.5. The number of hydrogen-bond donors (Lipinski definition) is 2. The lowest BCUT2D eigenvalue weighted by molar-refractivity contribution is -0.126. The smallest absolute Gasteiger partial charge is 0.287 e. The van der Waals surface area contributed by atoms with Crippen LogP contribution < -0.4 is 5.32 Å². The van der Waals surface area contributed by atoms with Gasteiger partial charge in [0.1, 0.15) is 12.5 Å². The number of rotatable bonds is 6. The maximum atomic E-state index is 12.5. The summed E-state index contributed by atoms with van der Waals surface area (Å²) in [6.45, 7) is -0.470. The molecule has 4 nitrogen and oxygen atoms in total. The summed E-state index contributed by atoms with van der Waals surface area (Å²) >= 11 is 0. The first-order valence-electron chi connectivity index (χ1n) is 4.63. The number of nitrogens with zero attached hydrogens (tertiary/aromatic N) is 1. The summed E-state index contributed by atoms with van der Waals surface area (Å²) < 4.78 is 25.0. The third-order valence-electron chi connectivity index (χ3n) is 1.80. The zero-order valence-corrected chi connectivity index (χ0v) is 8.46. The number of aliphatic hydroxyl groups is 1. The summed E-state index contributed by atoms with van der Waals surface area (Å²) in [5, 5.41) is 18.7. The predicted octanol–water partition coefficient (Wildman–Crippen LogP) is 0.670. The topological polar surface area (TPSA) is 73.1 Å². The van der Waals surface area contributed by atoms with Gasteiger partial charge >= 0.3 is 0 Å². The highest BCUT2D eigenvalue weighted by Gasteiger charge is 2.29. The summed E-state index contributed by atoms with van der Waals surface area (Å²) in [4.78, 5) is 11.2. The summed E-state index contributed by atoms with van der Waals surface area (Å²) in [5.74, 6) is -4.95. The minimum atomic E-state index is -3.33. The quantitative estimate of drug-likeness (QED) is 0.691. The van der Waals surface area contributed by atoms with Gasteiger partial charge in [0.25, 0.3) is 5.92 Å². The van der Waals surface area contributed by atoms with E-state index in [2.05, 4.69) is 0 Å². The Morgan fingerprint density at radius 2 is 2.27 bits per heavy atom. The molecule has 1 amide bonds. The molecule has 15 heavy (non-hydrogen) atoms. The second-order valence-corrected chi connectivity index (χ2v) is 3.20. The monoisotopic (exact) mass is 220 g/mol. The second-order valence-electron chi connectivity index (χ2n) is 3.20. The number of carbonyl (C=O) groups is 1. The number of nitriles is 1. The van der Waals surface area contributed by atoms with Crippen LogP contribution >= 0.6 is 0 Å². The molecular formula is C9H14F2N2O2. The Kier molecular flexibility index (Phi) is 5.79. The van der Waals surface area contributed by atoms with Gasteiger partial charge in [-0.1, -0.05) is 13.3 Å². The van der Waals surface area contributed by atoms with Gasteiger partial charge in [-0.05, 0) is 6.42 Å². The second kappa shape index (κ2) is 6.30. The van der Waals surface area contributed by atoms with Crippen molar-refractivity contribution < 1.29 is 18.7 Å². The summed E-state index contributed by atoms with van der Waals surface area (Å²) in [5.41, 5.74) is 0. The maximum Gasteiger partial charge on any atom is 0.287 e. The van der Waals surface area contributed by atoms with E-state index in [-0.39, 0.29) is 0 Å². The third kappa shape index (κ3) is 5.27. The fourth-order valence-corrected chi connectivity index (χ4v) is 0.938. The molecule has 1 unspecified atom stereocenters. The van der Waals surface area contributed by atoms with E-state index in [1.165, 1.54) is 0 Å². The fraction of sp³-hybridized carbons (Fsp3) is 0.778. The van der Waals surface area contributed by atoms with Crippen molar-refractivity contribution in [2.45, 2.75) is 25.7 Å². The lowest BCUT2D eigenvalue weighted by Crippen LogP contribution is -2.41. The van der Waals surface area contributed by atoms with Crippen LogP contribution in [0.5, 0.6) is 0 Å². The van der Waals surface area contributed by atoms with Gasteiger partial charge < -0.3 is 10.4 Å². The SMILES string of the molecule is CCCC(C#N)C(=O)NCC(F)(F)CO. The molecule has 86 valence electrons. The van der Waals surface area contributed by atoms with Crippen LogP contribution in [0.1, 0.15) is 19.8 Å². The van der Waals surface area contributed by atoms with Gasteiger partial charge in [0.15, 0.2) is 0 Å². The number of aliphatic hydroxyl groups excluding tert-OH is 1. The first kappa shape index (κ1) is 13.8. The Balaban J connectivity index is 4.08. The van der Waals surface area contributed by atoms with Crippen molar-refractivity contribution in [3.63, 3.8) is 0 Å². The fourth-order valence-electron chi connectivity index (χ4n) is 0.938. The first-order chi connectivity index (χ1) is 6.96. The Morgan fingerprint density at radius 1 is 1.67 bits per heavy atom. The molecule has 0 aliphatic rings. The molecule has 0 spiro atoms. The molecule has 1 atom stereocenters. The van der Waals surface area contributed by atoms with Crippen molar-refractivity contribution in [1.29, 1.82) is 5.26 Å². The highest BCUT2D eigenvalue weighted by molar-refractivity contribution is 5.81. The molecule has 0 heterocycles. The van der Waals surface area contributed by atoms with Crippen molar-refractivity contribution in [3.8, 4) is 6.07 Å². The van der Waals surface area contributed by atoms with E-state index in [0.29, 0.717) is 12.8 Å². The van der Waals surface area contributed by atoms with E-state index in [1.807, 2.05) is 5.32 Å². The van der Waals surface area contributed by atoms with Crippen LogP contribution in [0, 0.1) is 17.2 Å². The summed E-state index contributed by atoms with van der Waals surface area (Å²) in [6, 6.07) is 1.74.